The Balaban J connectivity index is 2.11. The van der Waals surface area contributed by atoms with E-state index in [2.05, 4.69) is 4.98 Å². The first-order chi connectivity index (χ1) is 9.16. The number of ketones is 1. The van der Waals surface area contributed by atoms with Gasteiger partial charge >= 0.3 is 0 Å². The molecular formula is C16H14N2O. The van der Waals surface area contributed by atoms with Gasteiger partial charge in [-0.1, -0.05) is 30.3 Å². The molecule has 0 radical (unpaired) electrons. The number of nitrogens with two attached hydrogens (primary N) is 1. The van der Waals surface area contributed by atoms with Gasteiger partial charge in [-0.05, 0) is 24.6 Å². The van der Waals surface area contributed by atoms with Gasteiger partial charge in [0.1, 0.15) is 0 Å². The van der Waals surface area contributed by atoms with Crippen molar-refractivity contribution >= 4 is 22.4 Å². The number of anilines is 1. The topological polar surface area (TPSA) is 58.9 Å². The summed E-state index contributed by atoms with van der Waals surface area (Å²) in [5.74, 6) is -0.0100. The molecule has 19 heavy (non-hydrogen) atoms. The van der Waals surface area contributed by atoms with E-state index in [4.69, 9.17) is 5.73 Å². The van der Waals surface area contributed by atoms with Crippen molar-refractivity contribution < 1.29 is 4.79 Å². The number of hydrogen-bond acceptors (Lipinski definition) is 2. The molecule has 2 aromatic carbocycles. The first-order valence-corrected chi connectivity index (χ1v) is 6.14. The smallest absolute Gasteiger partial charge is 0.195 e. The Labute approximate surface area is 111 Å². The van der Waals surface area contributed by atoms with Crippen LogP contribution in [0.4, 0.5) is 5.69 Å². The zero-order valence-electron chi connectivity index (χ0n) is 10.6. The van der Waals surface area contributed by atoms with Crippen LogP contribution in [-0.2, 0) is 0 Å². The maximum absolute atomic E-state index is 12.5. The number of fused-ring (bicyclic) bond motifs is 1. The standard InChI is InChI=1S/C16H14N2O/c1-10-6-7-11(8-14(10)17)16(19)13-9-18-15-5-3-2-4-12(13)15/h2-9,18H,17H2,1H3. The Bertz CT molecular complexity index is 771. The second kappa shape index (κ2) is 4.28. The van der Waals surface area contributed by atoms with E-state index in [1.807, 2.05) is 43.3 Å². The van der Waals surface area contributed by atoms with Crippen LogP contribution >= 0.6 is 0 Å². The lowest BCUT2D eigenvalue weighted by Crippen LogP contribution is -2.02. The minimum atomic E-state index is -0.0100. The second-order valence-corrected chi connectivity index (χ2v) is 4.65. The lowest BCUT2D eigenvalue weighted by Gasteiger charge is -2.04. The summed E-state index contributed by atoms with van der Waals surface area (Å²) >= 11 is 0. The molecule has 0 aliphatic heterocycles. The number of benzene rings is 2. The molecule has 0 saturated heterocycles. The summed E-state index contributed by atoms with van der Waals surface area (Å²) in [6.07, 6.45) is 1.75. The Morgan fingerprint density at radius 2 is 1.95 bits per heavy atom. The third-order valence-corrected chi connectivity index (χ3v) is 3.38. The number of aromatic amines is 1. The van der Waals surface area contributed by atoms with E-state index in [-0.39, 0.29) is 5.78 Å². The molecule has 0 aliphatic rings. The fourth-order valence-electron chi connectivity index (χ4n) is 2.20. The van der Waals surface area contributed by atoms with Gasteiger partial charge < -0.3 is 10.7 Å². The molecule has 3 N–H and O–H groups in total. The van der Waals surface area contributed by atoms with Gasteiger partial charge in [-0.2, -0.15) is 0 Å². The fourth-order valence-corrected chi connectivity index (χ4v) is 2.20. The van der Waals surface area contributed by atoms with Gasteiger partial charge in [-0.3, -0.25) is 4.79 Å². The van der Waals surface area contributed by atoms with E-state index >= 15 is 0 Å². The number of hydrogen-bond donors (Lipinski definition) is 2. The maximum Gasteiger partial charge on any atom is 0.195 e. The van der Waals surface area contributed by atoms with Gasteiger partial charge in [0.05, 0.1) is 0 Å². The number of para-hydroxylation sites is 1. The molecule has 1 aromatic heterocycles. The van der Waals surface area contributed by atoms with Gasteiger partial charge in [0.15, 0.2) is 5.78 Å². The first-order valence-electron chi connectivity index (χ1n) is 6.14. The van der Waals surface area contributed by atoms with E-state index in [0.717, 1.165) is 16.5 Å². The number of nitrogen functional groups attached to an aromatic ring is 1. The molecule has 3 heteroatoms. The highest BCUT2D eigenvalue weighted by atomic mass is 16.1. The van der Waals surface area contributed by atoms with Crippen LogP contribution in [0.3, 0.4) is 0 Å². The summed E-state index contributed by atoms with van der Waals surface area (Å²) in [6.45, 7) is 1.93. The van der Waals surface area contributed by atoms with Crippen LogP contribution in [0.15, 0.2) is 48.7 Å². The Morgan fingerprint density at radius 1 is 1.16 bits per heavy atom. The summed E-state index contributed by atoms with van der Waals surface area (Å²) in [5, 5.41) is 0.937. The molecule has 3 nitrogen and oxygen atoms in total. The number of rotatable bonds is 2. The number of nitrogens with one attached hydrogen (secondary N) is 1. The minimum Gasteiger partial charge on any atom is -0.398 e. The fraction of sp³-hybridized carbons (Fsp3) is 0.0625. The predicted molar refractivity (Wildman–Crippen MR) is 77.3 cm³/mol. The normalized spacial score (nSPS) is 10.8. The number of carbonyl (C=O) groups is 1. The third-order valence-electron chi connectivity index (χ3n) is 3.38. The maximum atomic E-state index is 12.5. The molecule has 0 atom stereocenters. The van der Waals surface area contributed by atoms with Crippen molar-refractivity contribution in [3.05, 3.63) is 65.4 Å². The number of aromatic nitrogens is 1. The van der Waals surface area contributed by atoms with Crippen LogP contribution in [0.5, 0.6) is 0 Å². The molecule has 1 heterocycles. The lowest BCUT2D eigenvalue weighted by atomic mass is 10.0. The largest absolute Gasteiger partial charge is 0.398 e. The molecule has 0 spiro atoms. The van der Waals surface area contributed by atoms with Crippen molar-refractivity contribution in [1.29, 1.82) is 0 Å². The minimum absolute atomic E-state index is 0.0100. The summed E-state index contributed by atoms with van der Waals surface area (Å²) in [7, 11) is 0. The van der Waals surface area contributed by atoms with Gasteiger partial charge in [0, 0.05) is 33.9 Å². The highest BCUT2D eigenvalue weighted by Gasteiger charge is 2.14. The molecule has 0 aliphatic carbocycles. The van der Waals surface area contributed by atoms with Crippen molar-refractivity contribution in [2.75, 3.05) is 5.73 Å². The number of H-pyrrole nitrogens is 1. The van der Waals surface area contributed by atoms with Crippen LogP contribution in [-0.4, -0.2) is 10.8 Å². The van der Waals surface area contributed by atoms with E-state index in [9.17, 15) is 4.79 Å². The second-order valence-electron chi connectivity index (χ2n) is 4.65. The van der Waals surface area contributed by atoms with Crippen molar-refractivity contribution in [3.63, 3.8) is 0 Å². The lowest BCUT2D eigenvalue weighted by molar-refractivity contribution is 0.104. The van der Waals surface area contributed by atoms with E-state index in [1.165, 1.54) is 0 Å². The molecule has 3 aromatic rings. The van der Waals surface area contributed by atoms with Gasteiger partial charge in [-0.25, -0.2) is 0 Å². The zero-order chi connectivity index (χ0) is 13.4. The third kappa shape index (κ3) is 1.89. The van der Waals surface area contributed by atoms with E-state index in [0.29, 0.717) is 16.8 Å². The van der Waals surface area contributed by atoms with Crippen LogP contribution in [0.1, 0.15) is 21.5 Å². The van der Waals surface area contributed by atoms with E-state index < -0.39 is 0 Å². The molecule has 0 amide bonds. The highest BCUT2D eigenvalue weighted by molar-refractivity contribution is 6.16. The van der Waals surface area contributed by atoms with Crippen LogP contribution in [0, 0.1) is 6.92 Å². The van der Waals surface area contributed by atoms with Crippen molar-refractivity contribution in [2.45, 2.75) is 6.92 Å². The average Bonchev–Trinajstić information content (AvgIpc) is 2.85. The Hall–Kier alpha value is -2.55. The van der Waals surface area contributed by atoms with Gasteiger partial charge in [0.25, 0.3) is 0 Å². The summed E-state index contributed by atoms with van der Waals surface area (Å²) in [4.78, 5) is 15.6. The zero-order valence-corrected chi connectivity index (χ0v) is 10.6. The van der Waals surface area contributed by atoms with Crippen molar-refractivity contribution in [3.8, 4) is 0 Å². The molecule has 94 valence electrons. The van der Waals surface area contributed by atoms with Gasteiger partial charge in [-0.15, -0.1) is 0 Å². The van der Waals surface area contributed by atoms with Crippen LogP contribution < -0.4 is 5.73 Å². The van der Waals surface area contributed by atoms with Crippen LogP contribution in [0.2, 0.25) is 0 Å². The molecule has 0 bridgehead atoms. The Kier molecular flexibility index (Phi) is 2.60. The summed E-state index contributed by atoms with van der Waals surface area (Å²) in [5.41, 5.74) is 9.75. The quantitative estimate of drug-likeness (QED) is 0.541. The van der Waals surface area contributed by atoms with E-state index in [1.54, 1.807) is 12.3 Å². The molecule has 3 rings (SSSR count). The highest BCUT2D eigenvalue weighted by Crippen LogP contribution is 2.22. The predicted octanol–water partition coefficient (Wildman–Crippen LogP) is 3.29. The first kappa shape index (κ1) is 11.5. The average molecular weight is 250 g/mol. The number of carbonyl (C=O) groups excluding carboxylic acids is 1. The molecule has 0 saturated carbocycles. The SMILES string of the molecule is Cc1ccc(C(=O)c2c[nH]c3ccccc23)cc1N. The van der Waals surface area contributed by atoms with Crippen molar-refractivity contribution in [1.82, 2.24) is 4.98 Å². The Morgan fingerprint density at radius 3 is 2.74 bits per heavy atom. The van der Waals surface area contributed by atoms with Gasteiger partial charge in [0.2, 0.25) is 0 Å². The molecule has 0 unspecified atom stereocenters. The number of aryl methyl sites for hydroxylation is 1. The summed E-state index contributed by atoms with van der Waals surface area (Å²) < 4.78 is 0. The monoisotopic (exact) mass is 250 g/mol. The molecule has 0 fully saturated rings. The van der Waals surface area contributed by atoms with Crippen molar-refractivity contribution in [2.24, 2.45) is 0 Å². The summed E-state index contributed by atoms with van der Waals surface area (Å²) in [6, 6.07) is 13.2. The molecular weight excluding hydrogens is 236 g/mol. The van der Waals surface area contributed by atoms with Crippen LogP contribution in [0.25, 0.3) is 10.9 Å².